The van der Waals surface area contributed by atoms with Gasteiger partial charge >= 0.3 is 0 Å². The van der Waals surface area contributed by atoms with Gasteiger partial charge in [0.2, 0.25) is 0 Å². The van der Waals surface area contributed by atoms with Crippen molar-refractivity contribution in [2.24, 2.45) is 0 Å². The van der Waals surface area contributed by atoms with Crippen LogP contribution >= 0.6 is 0 Å². The van der Waals surface area contributed by atoms with Crippen LogP contribution in [0.3, 0.4) is 0 Å². The number of nitrogen functional groups attached to an aromatic ring is 1. The van der Waals surface area contributed by atoms with Gasteiger partial charge in [-0.2, -0.15) is 0 Å². The second-order valence-corrected chi connectivity index (χ2v) is 4.56. The van der Waals surface area contributed by atoms with Crippen molar-refractivity contribution < 1.29 is 15.0 Å². The van der Waals surface area contributed by atoms with Crippen molar-refractivity contribution in [2.75, 3.05) is 5.73 Å². The maximum Gasteiger partial charge on any atom is 0.255 e. The molecule has 0 aromatic heterocycles. The molecule has 1 atom stereocenters. The Kier molecular flexibility index (Phi) is 3.79. The van der Waals surface area contributed by atoms with Crippen LogP contribution in [0.5, 0.6) is 11.5 Å². The standard InChI is InChI=1S/C15H16N2O3/c1-9(10-2-4-11(16)5-3-10)17-15(20)13-7-6-12(18)8-14(13)19/h2-9,18-19H,16H2,1H3,(H,17,20). The Morgan fingerprint density at radius 2 is 1.80 bits per heavy atom. The lowest BCUT2D eigenvalue weighted by Gasteiger charge is -2.15. The van der Waals surface area contributed by atoms with Crippen molar-refractivity contribution in [2.45, 2.75) is 13.0 Å². The van der Waals surface area contributed by atoms with Crippen LogP contribution in [0, 0.1) is 0 Å². The summed E-state index contributed by atoms with van der Waals surface area (Å²) in [5, 5.41) is 21.6. The molecule has 0 heterocycles. The Labute approximate surface area is 116 Å². The Morgan fingerprint density at radius 3 is 2.40 bits per heavy atom. The topological polar surface area (TPSA) is 95.6 Å². The molecule has 104 valence electrons. The maximum absolute atomic E-state index is 12.1. The zero-order chi connectivity index (χ0) is 14.7. The largest absolute Gasteiger partial charge is 0.508 e. The number of rotatable bonds is 3. The van der Waals surface area contributed by atoms with E-state index in [4.69, 9.17) is 5.73 Å². The summed E-state index contributed by atoms with van der Waals surface area (Å²) >= 11 is 0. The van der Waals surface area contributed by atoms with Gasteiger partial charge in [0.05, 0.1) is 11.6 Å². The molecule has 20 heavy (non-hydrogen) atoms. The Morgan fingerprint density at radius 1 is 1.15 bits per heavy atom. The first-order chi connectivity index (χ1) is 9.47. The number of phenolic OH excluding ortho intramolecular Hbond substituents is 2. The van der Waals surface area contributed by atoms with Crippen molar-refractivity contribution in [1.29, 1.82) is 0 Å². The van der Waals surface area contributed by atoms with Gasteiger partial charge in [-0.15, -0.1) is 0 Å². The fraction of sp³-hybridized carbons (Fsp3) is 0.133. The first-order valence-electron chi connectivity index (χ1n) is 6.15. The molecule has 0 radical (unpaired) electrons. The lowest BCUT2D eigenvalue weighted by Crippen LogP contribution is -2.26. The van der Waals surface area contributed by atoms with E-state index in [1.54, 1.807) is 12.1 Å². The average Bonchev–Trinajstić information content (AvgIpc) is 2.39. The van der Waals surface area contributed by atoms with E-state index in [1.807, 2.05) is 19.1 Å². The van der Waals surface area contributed by atoms with Crippen molar-refractivity contribution in [3.05, 3.63) is 53.6 Å². The third kappa shape index (κ3) is 3.00. The average molecular weight is 272 g/mol. The number of carbonyl (C=O) groups excluding carboxylic acids is 1. The molecule has 2 rings (SSSR count). The van der Waals surface area contributed by atoms with Crippen molar-refractivity contribution in [3.63, 3.8) is 0 Å². The van der Waals surface area contributed by atoms with Crippen LogP contribution < -0.4 is 11.1 Å². The minimum absolute atomic E-state index is 0.0920. The first kappa shape index (κ1) is 13.7. The molecule has 2 aromatic rings. The number of benzene rings is 2. The highest BCUT2D eigenvalue weighted by Crippen LogP contribution is 2.23. The highest BCUT2D eigenvalue weighted by molar-refractivity contribution is 5.97. The summed E-state index contributed by atoms with van der Waals surface area (Å²) in [6.07, 6.45) is 0. The van der Waals surface area contributed by atoms with Crippen LogP contribution in [0.1, 0.15) is 28.9 Å². The third-order valence-electron chi connectivity index (χ3n) is 3.01. The predicted octanol–water partition coefficient (Wildman–Crippen LogP) is 2.17. The van der Waals surface area contributed by atoms with Gasteiger partial charge in [-0.1, -0.05) is 12.1 Å². The van der Waals surface area contributed by atoms with Crippen LogP contribution in [0.2, 0.25) is 0 Å². The van der Waals surface area contributed by atoms with Crippen LogP contribution in [-0.2, 0) is 0 Å². The molecule has 0 bridgehead atoms. The van der Waals surface area contributed by atoms with Gasteiger partial charge in [-0.05, 0) is 36.8 Å². The molecule has 0 spiro atoms. The quantitative estimate of drug-likeness (QED) is 0.644. The van der Waals surface area contributed by atoms with Gasteiger partial charge in [0, 0.05) is 11.8 Å². The number of nitrogens with two attached hydrogens (primary N) is 1. The molecule has 5 nitrogen and oxygen atoms in total. The molecule has 5 heteroatoms. The number of amides is 1. The number of aromatic hydroxyl groups is 2. The summed E-state index contributed by atoms with van der Waals surface area (Å²) in [6.45, 7) is 1.83. The fourth-order valence-corrected chi connectivity index (χ4v) is 1.85. The van der Waals surface area contributed by atoms with Gasteiger partial charge in [-0.3, -0.25) is 4.79 Å². The summed E-state index contributed by atoms with van der Waals surface area (Å²) in [7, 11) is 0. The van der Waals surface area contributed by atoms with Crippen LogP contribution in [0.15, 0.2) is 42.5 Å². The van der Waals surface area contributed by atoms with E-state index >= 15 is 0 Å². The SMILES string of the molecule is CC(NC(=O)c1ccc(O)cc1O)c1ccc(N)cc1. The number of anilines is 1. The fourth-order valence-electron chi connectivity index (χ4n) is 1.85. The van der Waals surface area contributed by atoms with Crippen LogP contribution in [-0.4, -0.2) is 16.1 Å². The second kappa shape index (κ2) is 5.52. The van der Waals surface area contributed by atoms with E-state index in [1.165, 1.54) is 12.1 Å². The zero-order valence-electron chi connectivity index (χ0n) is 11.0. The molecular weight excluding hydrogens is 256 g/mol. The molecule has 1 amide bonds. The van der Waals surface area contributed by atoms with Crippen molar-refractivity contribution in [3.8, 4) is 11.5 Å². The van der Waals surface area contributed by atoms with Gasteiger partial charge < -0.3 is 21.3 Å². The van der Waals surface area contributed by atoms with Crippen LogP contribution in [0.25, 0.3) is 0 Å². The molecule has 0 aliphatic carbocycles. The molecule has 0 aliphatic rings. The summed E-state index contributed by atoms with van der Waals surface area (Å²) < 4.78 is 0. The van der Waals surface area contributed by atoms with E-state index in [-0.39, 0.29) is 23.1 Å². The molecule has 2 aromatic carbocycles. The summed E-state index contributed by atoms with van der Waals surface area (Å²) in [5.41, 5.74) is 7.29. The first-order valence-corrected chi connectivity index (χ1v) is 6.15. The summed E-state index contributed by atoms with van der Waals surface area (Å²) in [6, 6.07) is 10.8. The van der Waals surface area contributed by atoms with E-state index in [0.29, 0.717) is 5.69 Å². The number of carbonyl (C=O) groups is 1. The van der Waals surface area contributed by atoms with E-state index in [0.717, 1.165) is 11.6 Å². The Bertz CT molecular complexity index is 624. The van der Waals surface area contributed by atoms with Crippen molar-refractivity contribution >= 4 is 11.6 Å². The van der Waals surface area contributed by atoms with Gasteiger partial charge in [0.25, 0.3) is 5.91 Å². The number of hydrogen-bond acceptors (Lipinski definition) is 4. The second-order valence-electron chi connectivity index (χ2n) is 4.56. The molecule has 1 unspecified atom stereocenters. The summed E-state index contributed by atoms with van der Waals surface area (Å²) in [5.74, 6) is -0.760. The van der Waals surface area contributed by atoms with Crippen LogP contribution in [0.4, 0.5) is 5.69 Å². The van der Waals surface area contributed by atoms with Crippen molar-refractivity contribution in [1.82, 2.24) is 5.32 Å². The molecule has 0 fully saturated rings. The highest BCUT2D eigenvalue weighted by Gasteiger charge is 2.15. The predicted molar refractivity (Wildman–Crippen MR) is 76.5 cm³/mol. The normalized spacial score (nSPS) is 11.8. The number of phenols is 2. The lowest BCUT2D eigenvalue weighted by atomic mass is 10.1. The van der Waals surface area contributed by atoms with E-state index in [2.05, 4.69) is 5.32 Å². The van der Waals surface area contributed by atoms with Gasteiger partial charge in [0.15, 0.2) is 0 Å². The Balaban J connectivity index is 2.13. The minimum Gasteiger partial charge on any atom is -0.508 e. The third-order valence-corrected chi connectivity index (χ3v) is 3.01. The molecule has 0 aliphatic heterocycles. The number of hydrogen-bond donors (Lipinski definition) is 4. The zero-order valence-corrected chi connectivity index (χ0v) is 11.0. The number of nitrogens with one attached hydrogen (secondary N) is 1. The maximum atomic E-state index is 12.1. The van der Waals surface area contributed by atoms with E-state index in [9.17, 15) is 15.0 Å². The van der Waals surface area contributed by atoms with Gasteiger partial charge in [0.1, 0.15) is 11.5 Å². The molecule has 5 N–H and O–H groups in total. The minimum atomic E-state index is -0.410. The molecular formula is C15H16N2O3. The Hall–Kier alpha value is -2.69. The monoisotopic (exact) mass is 272 g/mol. The van der Waals surface area contributed by atoms with Gasteiger partial charge in [-0.25, -0.2) is 0 Å². The molecule has 0 saturated carbocycles. The smallest absolute Gasteiger partial charge is 0.255 e. The summed E-state index contributed by atoms with van der Waals surface area (Å²) in [4.78, 5) is 12.1. The molecule has 0 saturated heterocycles. The van der Waals surface area contributed by atoms with E-state index < -0.39 is 5.91 Å². The lowest BCUT2D eigenvalue weighted by molar-refractivity contribution is 0.0937. The highest BCUT2D eigenvalue weighted by atomic mass is 16.3.